The van der Waals surface area contributed by atoms with Gasteiger partial charge in [0.05, 0.1) is 18.2 Å². The summed E-state index contributed by atoms with van der Waals surface area (Å²) in [4.78, 5) is 24.8. The summed E-state index contributed by atoms with van der Waals surface area (Å²) >= 11 is 5.85. The number of hydrogen-bond donors (Lipinski definition) is 0. The number of nitrogens with zero attached hydrogens (tertiary/aromatic N) is 1. The molecule has 0 spiro atoms. The second-order valence-electron chi connectivity index (χ2n) is 5.47. The van der Waals surface area contributed by atoms with E-state index in [9.17, 15) is 9.59 Å². The number of fused-ring (bicyclic) bond motifs is 1. The van der Waals surface area contributed by atoms with Crippen molar-refractivity contribution in [1.82, 2.24) is 4.57 Å². The van der Waals surface area contributed by atoms with Crippen molar-refractivity contribution < 1.29 is 19.1 Å². The van der Waals surface area contributed by atoms with Crippen LogP contribution >= 0.6 is 11.6 Å². The maximum atomic E-state index is 12.8. The Balaban J connectivity index is 1.93. The van der Waals surface area contributed by atoms with Crippen LogP contribution in [0.1, 0.15) is 22.1 Å². The van der Waals surface area contributed by atoms with Crippen LogP contribution < -0.4 is 4.74 Å². The average Bonchev–Trinajstić information content (AvgIpc) is 3.02. The summed E-state index contributed by atoms with van der Waals surface area (Å²) in [5.41, 5.74) is 0.963. The first kappa shape index (κ1) is 17.0. The van der Waals surface area contributed by atoms with Crippen molar-refractivity contribution in [2.45, 2.75) is 13.0 Å². The van der Waals surface area contributed by atoms with Gasteiger partial charge in [0.15, 0.2) is 6.10 Å². The number of rotatable bonds is 4. The molecule has 0 aliphatic heterocycles. The lowest BCUT2D eigenvalue weighted by Crippen LogP contribution is -2.28. The third kappa shape index (κ3) is 3.37. The number of esters is 1. The molecular formula is C19H16ClNO4. The third-order valence-corrected chi connectivity index (χ3v) is 4.08. The summed E-state index contributed by atoms with van der Waals surface area (Å²) in [6.07, 6.45) is 0.739. The highest BCUT2D eigenvalue weighted by Crippen LogP contribution is 2.23. The maximum Gasteiger partial charge on any atom is 0.340 e. The van der Waals surface area contributed by atoms with Crippen molar-refractivity contribution in [3.8, 4) is 5.75 Å². The molecule has 0 N–H and O–H groups in total. The van der Waals surface area contributed by atoms with Gasteiger partial charge in [0.25, 0.3) is 5.91 Å². The Labute approximate surface area is 149 Å². The molecule has 3 aromatic rings. The van der Waals surface area contributed by atoms with Gasteiger partial charge in [-0.1, -0.05) is 29.8 Å². The number of aromatic nitrogens is 1. The monoisotopic (exact) mass is 357 g/mol. The van der Waals surface area contributed by atoms with Gasteiger partial charge in [0.2, 0.25) is 0 Å². The highest BCUT2D eigenvalue weighted by molar-refractivity contribution is 6.30. The minimum atomic E-state index is -0.748. The fraction of sp³-hybridized carbons (Fsp3) is 0.158. The highest BCUT2D eigenvalue weighted by Gasteiger charge is 2.23. The van der Waals surface area contributed by atoms with Gasteiger partial charge < -0.3 is 9.47 Å². The number of carbonyl (C=O) groups excluding carboxylic acids is 2. The summed E-state index contributed by atoms with van der Waals surface area (Å²) in [6.45, 7) is 1.66. The lowest BCUT2D eigenvalue weighted by atomic mass is 10.2. The Kier molecular flexibility index (Phi) is 4.76. The normalized spacial score (nSPS) is 12.0. The zero-order valence-corrected chi connectivity index (χ0v) is 14.5. The molecule has 0 aliphatic rings. The summed E-state index contributed by atoms with van der Waals surface area (Å²) < 4.78 is 11.9. The van der Waals surface area contributed by atoms with E-state index >= 15 is 0 Å². The van der Waals surface area contributed by atoms with E-state index in [-0.39, 0.29) is 5.91 Å². The Morgan fingerprint density at radius 3 is 2.44 bits per heavy atom. The zero-order chi connectivity index (χ0) is 18.0. The molecule has 0 amide bonds. The Bertz CT molecular complexity index is 930. The van der Waals surface area contributed by atoms with Crippen LogP contribution in [-0.4, -0.2) is 29.7 Å². The van der Waals surface area contributed by atoms with Crippen molar-refractivity contribution in [3.63, 3.8) is 0 Å². The fourth-order valence-electron chi connectivity index (χ4n) is 2.60. The number of methoxy groups -OCH3 is 1. The number of hydrogen-bond acceptors (Lipinski definition) is 4. The van der Waals surface area contributed by atoms with Crippen LogP contribution in [0.4, 0.5) is 0 Å². The average molecular weight is 358 g/mol. The van der Waals surface area contributed by atoms with Gasteiger partial charge in [-0.15, -0.1) is 0 Å². The van der Waals surface area contributed by atoms with Gasteiger partial charge in [-0.3, -0.25) is 9.36 Å². The number of benzene rings is 2. The molecular weight excluding hydrogens is 342 g/mol. The molecule has 3 rings (SSSR count). The zero-order valence-electron chi connectivity index (χ0n) is 13.7. The van der Waals surface area contributed by atoms with E-state index in [1.807, 2.05) is 0 Å². The molecule has 5 nitrogen and oxygen atoms in total. The molecule has 1 unspecified atom stereocenters. The van der Waals surface area contributed by atoms with Crippen molar-refractivity contribution in [2.24, 2.45) is 0 Å². The van der Waals surface area contributed by atoms with Crippen molar-refractivity contribution >= 4 is 34.4 Å². The van der Waals surface area contributed by atoms with Crippen LogP contribution in [0.3, 0.4) is 0 Å². The summed E-state index contributed by atoms with van der Waals surface area (Å²) in [6, 6.07) is 13.9. The van der Waals surface area contributed by atoms with E-state index in [0.717, 1.165) is 0 Å². The molecule has 6 heteroatoms. The van der Waals surface area contributed by atoms with Crippen LogP contribution in [0, 0.1) is 0 Å². The third-order valence-electron chi connectivity index (χ3n) is 3.83. The van der Waals surface area contributed by atoms with E-state index in [1.165, 1.54) is 17.9 Å². The molecule has 128 valence electrons. The van der Waals surface area contributed by atoms with E-state index < -0.39 is 12.1 Å². The molecule has 0 fully saturated rings. The van der Waals surface area contributed by atoms with Gasteiger partial charge in [0, 0.05) is 16.6 Å². The van der Waals surface area contributed by atoms with E-state index in [2.05, 4.69) is 0 Å². The molecule has 0 aliphatic carbocycles. The van der Waals surface area contributed by atoms with Crippen LogP contribution in [0.5, 0.6) is 5.75 Å². The Morgan fingerprint density at radius 2 is 1.76 bits per heavy atom. The molecule has 0 saturated heterocycles. The Morgan fingerprint density at radius 1 is 1.08 bits per heavy atom. The van der Waals surface area contributed by atoms with Gasteiger partial charge in [-0.2, -0.15) is 0 Å². The predicted molar refractivity (Wildman–Crippen MR) is 95.4 cm³/mol. The van der Waals surface area contributed by atoms with Gasteiger partial charge in [-0.05, 0) is 37.3 Å². The van der Waals surface area contributed by atoms with E-state index in [1.54, 1.807) is 55.5 Å². The van der Waals surface area contributed by atoms with Crippen molar-refractivity contribution in [1.29, 1.82) is 0 Å². The second kappa shape index (κ2) is 6.99. The lowest BCUT2D eigenvalue weighted by molar-refractivity contribution is 0.0602. The number of ether oxygens (including phenoxy) is 2. The quantitative estimate of drug-likeness (QED) is 0.657. The molecule has 1 aromatic heterocycles. The molecule has 1 atom stereocenters. The van der Waals surface area contributed by atoms with Crippen LogP contribution in [0.25, 0.3) is 10.9 Å². The minimum Gasteiger partial charge on any atom is -0.481 e. The molecule has 0 saturated carbocycles. The number of halogens is 1. The topological polar surface area (TPSA) is 57.5 Å². The minimum absolute atomic E-state index is 0.290. The standard InChI is InChI=1S/C19H16ClNO4/c1-12(25-14-9-7-13(20)8-10-14)18(22)21-11-16(19(23)24-2)15-5-3-4-6-17(15)21/h3-12H,1-2H3. The van der Waals surface area contributed by atoms with Crippen LogP contribution in [0.15, 0.2) is 54.7 Å². The SMILES string of the molecule is COC(=O)c1cn(C(=O)C(C)Oc2ccc(Cl)cc2)c2ccccc12. The Hall–Kier alpha value is -2.79. The van der Waals surface area contributed by atoms with Gasteiger partial charge in [-0.25, -0.2) is 4.79 Å². The summed E-state index contributed by atoms with van der Waals surface area (Å²) in [7, 11) is 1.31. The highest BCUT2D eigenvalue weighted by atomic mass is 35.5. The molecule has 2 aromatic carbocycles. The molecule has 0 bridgehead atoms. The summed E-state index contributed by atoms with van der Waals surface area (Å²) in [5.74, 6) is -0.245. The van der Waals surface area contributed by atoms with Gasteiger partial charge in [0.1, 0.15) is 5.75 Å². The maximum absolute atomic E-state index is 12.8. The first-order chi connectivity index (χ1) is 12.0. The molecule has 25 heavy (non-hydrogen) atoms. The predicted octanol–water partition coefficient (Wildman–Crippen LogP) is 4.19. The molecule has 0 radical (unpaired) electrons. The lowest BCUT2D eigenvalue weighted by Gasteiger charge is -2.14. The van der Waals surface area contributed by atoms with E-state index in [4.69, 9.17) is 21.1 Å². The fourth-order valence-corrected chi connectivity index (χ4v) is 2.72. The first-order valence-corrected chi connectivity index (χ1v) is 8.04. The van der Waals surface area contributed by atoms with Crippen LogP contribution in [0.2, 0.25) is 5.02 Å². The van der Waals surface area contributed by atoms with E-state index in [0.29, 0.717) is 27.2 Å². The van der Waals surface area contributed by atoms with Crippen LogP contribution in [-0.2, 0) is 4.74 Å². The number of para-hydroxylation sites is 1. The largest absolute Gasteiger partial charge is 0.481 e. The smallest absolute Gasteiger partial charge is 0.340 e. The van der Waals surface area contributed by atoms with Gasteiger partial charge >= 0.3 is 5.97 Å². The summed E-state index contributed by atoms with van der Waals surface area (Å²) in [5, 5.41) is 1.24. The number of carbonyl (C=O) groups is 2. The van der Waals surface area contributed by atoms with Crippen molar-refractivity contribution in [3.05, 3.63) is 65.3 Å². The molecule has 1 heterocycles. The van der Waals surface area contributed by atoms with Crippen molar-refractivity contribution in [2.75, 3.05) is 7.11 Å². The second-order valence-corrected chi connectivity index (χ2v) is 5.91. The first-order valence-electron chi connectivity index (χ1n) is 7.66.